The zero-order chi connectivity index (χ0) is 30.4. The average Bonchev–Trinajstić information content (AvgIpc) is 3.75. The van der Waals surface area contributed by atoms with E-state index < -0.39 is 39.4 Å². The number of anilines is 3. The molecular weight excluding hydrogens is 565 g/mol. The highest BCUT2D eigenvalue weighted by Crippen LogP contribution is 2.44. The van der Waals surface area contributed by atoms with Crippen molar-refractivity contribution in [2.24, 2.45) is 0 Å². The number of carbonyl (C=O) groups excluding carboxylic acids is 3. The van der Waals surface area contributed by atoms with E-state index in [0.29, 0.717) is 16.8 Å². The first-order valence-corrected chi connectivity index (χ1v) is 14.4. The lowest BCUT2D eigenvalue weighted by Crippen LogP contribution is -2.43. The fourth-order valence-electron chi connectivity index (χ4n) is 4.82. The van der Waals surface area contributed by atoms with Gasteiger partial charge in [0.1, 0.15) is 11.4 Å². The van der Waals surface area contributed by atoms with Crippen molar-refractivity contribution in [2.75, 3.05) is 15.5 Å². The van der Waals surface area contributed by atoms with Crippen molar-refractivity contribution in [3.05, 3.63) is 83.2 Å². The van der Waals surface area contributed by atoms with Crippen LogP contribution >= 0.6 is 0 Å². The van der Waals surface area contributed by atoms with Crippen LogP contribution < -0.4 is 15.5 Å². The van der Waals surface area contributed by atoms with Gasteiger partial charge in [-0.1, -0.05) is 6.07 Å². The number of rotatable bonds is 7. The number of nitriles is 1. The highest BCUT2D eigenvalue weighted by molar-refractivity contribution is 7.85. The maximum atomic E-state index is 14.2. The summed E-state index contributed by atoms with van der Waals surface area (Å²) < 4.78 is 45.8. The van der Waals surface area contributed by atoms with Gasteiger partial charge in [-0.2, -0.15) is 13.7 Å². The van der Waals surface area contributed by atoms with Gasteiger partial charge < -0.3 is 15.5 Å². The molecule has 42 heavy (non-hydrogen) atoms. The third-order valence-corrected chi connectivity index (χ3v) is 8.18. The Hall–Kier alpha value is -4.80. The summed E-state index contributed by atoms with van der Waals surface area (Å²) in [4.78, 5) is 41.9. The minimum Gasteiger partial charge on any atom is -0.308 e. The van der Waals surface area contributed by atoms with Crippen LogP contribution in [0.2, 0.25) is 0 Å². The molecular formula is C29H26FN5O6S. The fraction of sp³-hybridized carbons (Fsp3) is 0.241. The van der Waals surface area contributed by atoms with Gasteiger partial charge in [0, 0.05) is 5.69 Å². The average molecular weight is 592 g/mol. The van der Waals surface area contributed by atoms with E-state index in [9.17, 15) is 32.5 Å². The Bertz CT molecular complexity index is 1760. The van der Waals surface area contributed by atoms with Crippen molar-refractivity contribution in [2.45, 2.75) is 49.6 Å². The van der Waals surface area contributed by atoms with Crippen LogP contribution in [0.25, 0.3) is 0 Å². The van der Waals surface area contributed by atoms with Crippen molar-refractivity contribution in [1.29, 1.82) is 5.26 Å². The second-order valence-corrected chi connectivity index (χ2v) is 12.0. The summed E-state index contributed by atoms with van der Waals surface area (Å²) in [5, 5.41) is 14.5. The lowest BCUT2D eigenvalue weighted by Gasteiger charge is -2.28. The van der Waals surface area contributed by atoms with Gasteiger partial charge in [-0.05, 0) is 98.3 Å². The van der Waals surface area contributed by atoms with Gasteiger partial charge in [-0.15, -0.1) is 0 Å². The van der Waals surface area contributed by atoms with Crippen LogP contribution in [0, 0.1) is 17.1 Å². The van der Waals surface area contributed by atoms with E-state index in [2.05, 4.69) is 16.7 Å². The number of halogens is 1. The second kappa shape index (κ2) is 10.6. The van der Waals surface area contributed by atoms with Gasteiger partial charge in [-0.25, -0.2) is 18.9 Å². The van der Waals surface area contributed by atoms with E-state index in [1.807, 2.05) is 0 Å². The molecule has 3 aromatic carbocycles. The lowest BCUT2D eigenvalue weighted by atomic mass is 10.0. The zero-order valence-corrected chi connectivity index (χ0v) is 23.4. The molecule has 1 aliphatic carbocycles. The quantitative estimate of drug-likeness (QED) is 0.251. The SMILES string of the molecule is CC1(C)C(=O)N(c2ccc(C#N)c(C3CC3)c2)C(=O)N1Cc1ccc(F)cc1NC(=O)Nc1ccc(S(=O)(=O)O)cc1. The number of nitrogens with one attached hydrogen (secondary N) is 2. The van der Waals surface area contributed by atoms with E-state index in [1.165, 1.54) is 29.2 Å². The largest absolute Gasteiger partial charge is 0.332 e. The summed E-state index contributed by atoms with van der Waals surface area (Å²) in [6, 6.07) is 14.0. The van der Waals surface area contributed by atoms with Crippen molar-refractivity contribution in [3.8, 4) is 6.07 Å². The third-order valence-electron chi connectivity index (χ3n) is 7.31. The first-order valence-electron chi connectivity index (χ1n) is 12.9. The molecule has 2 aliphatic rings. The van der Waals surface area contributed by atoms with Crippen LogP contribution in [-0.2, 0) is 21.5 Å². The van der Waals surface area contributed by atoms with Gasteiger partial charge in [-0.3, -0.25) is 9.35 Å². The summed E-state index contributed by atoms with van der Waals surface area (Å²) in [6.07, 6.45) is 1.86. The van der Waals surface area contributed by atoms with Gasteiger partial charge in [0.05, 0.1) is 34.4 Å². The van der Waals surface area contributed by atoms with Gasteiger partial charge in [0.2, 0.25) is 0 Å². The van der Waals surface area contributed by atoms with Gasteiger partial charge >= 0.3 is 12.1 Å². The first-order chi connectivity index (χ1) is 19.8. The second-order valence-electron chi connectivity index (χ2n) is 10.6. The van der Waals surface area contributed by atoms with Crippen molar-refractivity contribution in [3.63, 3.8) is 0 Å². The van der Waals surface area contributed by atoms with E-state index in [0.717, 1.165) is 41.5 Å². The molecule has 0 bridgehead atoms. The lowest BCUT2D eigenvalue weighted by molar-refractivity contribution is -0.123. The third kappa shape index (κ3) is 5.54. The smallest absolute Gasteiger partial charge is 0.308 e. The normalized spacial score (nSPS) is 16.4. The number of urea groups is 2. The summed E-state index contributed by atoms with van der Waals surface area (Å²) >= 11 is 0. The molecule has 1 heterocycles. The van der Waals surface area contributed by atoms with Crippen LogP contribution in [0.4, 0.5) is 31.0 Å². The first kappa shape index (κ1) is 28.7. The molecule has 13 heteroatoms. The molecule has 0 unspecified atom stereocenters. The van der Waals surface area contributed by atoms with E-state index in [1.54, 1.807) is 32.0 Å². The molecule has 1 saturated carbocycles. The highest BCUT2D eigenvalue weighted by Gasteiger charge is 2.52. The molecule has 1 aliphatic heterocycles. The number of imide groups is 1. The number of benzene rings is 3. The standard InChI is InChI=1S/C29H26FN5O6S/c1-29(2)26(36)35(22-10-6-18(15-31)24(14-22)17-3-4-17)28(38)34(29)16-19-5-7-20(30)13-25(19)33-27(37)32-21-8-11-23(12-9-21)42(39,40)41/h5-14,17H,3-4,16H2,1-2H3,(H2,32,33,37)(H,39,40,41). The summed E-state index contributed by atoms with van der Waals surface area (Å²) in [6.45, 7) is 3.05. The molecule has 0 aromatic heterocycles. The Kier molecular flexibility index (Phi) is 7.21. The Labute approximate surface area is 241 Å². The number of amides is 5. The Morgan fingerprint density at radius 3 is 2.38 bits per heavy atom. The highest BCUT2D eigenvalue weighted by atomic mass is 32.2. The van der Waals surface area contributed by atoms with Crippen LogP contribution in [0.15, 0.2) is 65.6 Å². The van der Waals surface area contributed by atoms with Crippen LogP contribution in [-0.4, -0.2) is 41.4 Å². The molecule has 216 valence electrons. The van der Waals surface area contributed by atoms with Gasteiger partial charge in [0.25, 0.3) is 16.0 Å². The van der Waals surface area contributed by atoms with E-state index in [-0.39, 0.29) is 28.7 Å². The molecule has 5 rings (SSSR count). The molecule has 0 radical (unpaired) electrons. The monoisotopic (exact) mass is 591 g/mol. The molecule has 2 fully saturated rings. The summed E-state index contributed by atoms with van der Waals surface area (Å²) in [7, 11) is -4.41. The maximum absolute atomic E-state index is 14.2. The Morgan fingerprint density at radius 2 is 1.76 bits per heavy atom. The Morgan fingerprint density at radius 1 is 1.07 bits per heavy atom. The fourth-order valence-corrected chi connectivity index (χ4v) is 5.30. The van der Waals surface area contributed by atoms with E-state index in [4.69, 9.17) is 4.55 Å². The summed E-state index contributed by atoms with van der Waals surface area (Å²) in [5.74, 6) is -0.903. The number of hydrogen-bond acceptors (Lipinski definition) is 6. The van der Waals surface area contributed by atoms with Crippen molar-refractivity contribution < 1.29 is 31.7 Å². The number of carbonyl (C=O) groups is 3. The topological polar surface area (TPSA) is 160 Å². The zero-order valence-electron chi connectivity index (χ0n) is 22.6. The number of nitrogens with zero attached hydrogens (tertiary/aromatic N) is 3. The van der Waals surface area contributed by atoms with Crippen molar-refractivity contribution >= 4 is 45.1 Å². The molecule has 11 nitrogen and oxygen atoms in total. The summed E-state index contributed by atoms with van der Waals surface area (Å²) in [5.41, 5.74) is 0.977. The van der Waals surface area contributed by atoms with E-state index >= 15 is 0 Å². The minimum atomic E-state index is -4.41. The molecule has 3 N–H and O–H groups in total. The molecule has 0 spiro atoms. The molecule has 5 amide bonds. The number of hydrogen-bond donors (Lipinski definition) is 3. The van der Waals surface area contributed by atoms with Crippen LogP contribution in [0.1, 0.15) is 49.3 Å². The molecule has 0 atom stereocenters. The van der Waals surface area contributed by atoms with Crippen LogP contribution in [0.3, 0.4) is 0 Å². The molecule has 1 saturated heterocycles. The minimum absolute atomic E-state index is 0.0472. The Balaban J connectivity index is 1.37. The maximum Gasteiger partial charge on any atom is 0.332 e. The predicted octanol–water partition coefficient (Wildman–Crippen LogP) is 5.21. The molecule has 3 aromatic rings. The van der Waals surface area contributed by atoms with Gasteiger partial charge in [0.15, 0.2) is 0 Å². The predicted molar refractivity (Wildman–Crippen MR) is 151 cm³/mol. The van der Waals surface area contributed by atoms with Crippen LogP contribution in [0.5, 0.6) is 0 Å². The van der Waals surface area contributed by atoms with Crippen molar-refractivity contribution in [1.82, 2.24) is 4.90 Å².